The lowest BCUT2D eigenvalue weighted by Gasteiger charge is -2.19. The van der Waals surface area contributed by atoms with Gasteiger partial charge in [0.25, 0.3) is 0 Å². The molecule has 1 aliphatic carbocycles. The lowest BCUT2D eigenvalue weighted by Crippen LogP contribution is -2.20. The third-order valence-corrected chi connectivity index (χ3v) is 3.29. The molecule has 0 aromatic heterocycles. The van der Waals surface area contributed by atoms with Gasteiger partial charge in [-0.25, -0.2) is 0 Å². The highest BCUT2D eigenvalue weighted by atomic mass is 16.5. The standard InChI is InChI=1S/C12H21NO/c1-12(2)6-5-11(14-12)8-9-3-4-10(13)7-9/h7,10-11H,3-6,8,13H2,1-2H3. The van der Waals surface area contributed by atoms with E-state index >= 15 is 0 Å². The molecule has 0 aromatic carbocycles. The zero-order chi connectivity index (χ0) is 10.2. The summed E-state index contributed by atoms with van der Waals surface area (Å²) in [6, 6.07) is 0.305. The largest absolute Gasteiger partial charge is 0.372 e. The van der Waals surface area contributed by atoms with E-state index < -0.39 is 0 Å². The summed E-state index contributed by atoms with van der Waals surface area (Å²) >= 11 is 0. The highest BCUT2D eigenvalue weighted by Gasteiger charge is 2.32. The fourth-order valence-electron chi connectivity index (χ4n) is 2.51. The maximum absolute atomic E-state index is 5.96. The summed E-state index contributed by atoms with van der Waals surface area (Å²) in [6.45, 7) is 4.36. The molecule has 2 N–H and O–H groups in total. The van der Waals surface area contributed by atoms with Crippen LogP contribution in [-0.2, 0) is 4.74 Å². The molecule has 2 aliphatic rings. The summed E-state index contributed by atoms with van der Waals surface area (Å²) in [6.07, 6.45) is 8.50. The molecule has 2 heteroatoms. The van der Waals surface area contributed by atoms with Gasteiger partial charge in [-0.3, -0.25) is 0 Å². The molecule has 0 bridgehead atoms. The van der Waals surface area contributed by atoms with Gasteiger partial charge in [0.2, 0.25) is 0 Å². The summed E-state index contributed by atoms with van der Waals surface area (Å²) in [4.78, 5) is 0. The van der Waals surface area contributed by atoms with Crippen LogP contribution in [0.2, 0.25) is 0 Å². The van der Waals surface area contributed by atoms with Crippen molar-refractivity contribution in [2.45, 2.75) is 63.7 Å². The molecular weight excluding hydrogens is 174 g/mol. The molecule has 1 saturated heterocycles. The van der Waals surface area contributed by atoms with Crippen molar-refractivity contribution in [1.82, 2.24) is 0 Å². The van der Waals surface area contributed by atoms with Crippen LogP contribution in [0.3, 0.4) is 0 Å². The van der Waals surface area contributed by atoms with E-state index in [0.717, 1.165) is 12.8 Å². The van der Waals surface area contributed by atoms with Crippen LogP contribution in [0.4, 0.5) is 0 Å². The molecule has 80 valence electrons. The van der Waals surface area contributed by atoms with E-state index in [9.17, 15) is 0 Å². The highest BCUT2D eigenvalue weighted by molar-refractivity contribution is 5.14. The minimum Gasteiger partial charge on any atom is -0.372 e. The van der Waals surface area contributed by atoms with Crippen LogP contribution in [0.25, 0.3) is 0 Å². The van der Waals surface area contributed by atoms with E-state index in [1.807, 2.05) is 0 Å². The Hall–Kier alpha value is -0.340. The molecule has 1 fully saturated rings. The molecule has 0 saturated carbocycles. The fraction of sp³-hybridized carbons (Fsp3) is 0.833. The van der Waals surface area contributed by atoms with Gasteiger partial charge in [0.05, 0.1) is 11.7 Å². The molecule has 2 rings (SSSR count). The lowest BCUT2D eigenvalue weighted by atomic mass is 10.0. The van der Waals surface area contributed by atoms with Gasteiger partial charge in [-0.2, -0.15) is 0 Å². The zero-order valence-electron chi connectivity index (χ0n) is 9.25. The van der Waals surface area contributed by atoms with Crippen LogP contribution in [0, 0.1) is 0 Å². The Bertz CT molecular complexity index is 245. The van der Waals surface area contributed by atoms with E-state index in [2.05, 4.69) is 19.9 Å². The molecule has 0 aromatic rings. The van der Waals surface area contributed by atoms with Gasteiger partial charge < -0.3 is 10.5 Å². The summed E-state index contributed by atoms with van der Waals surface area (Å²) in [5.74, 6) is 0. The van der Waals surface area contributed by atoms with E-state index in [0.29, 0.717) is 12.1 Å². The number of nitrogens with two attached hydrogens (primary N) is 1. The molecule has 1 aliphatic heterocycles. The third-order valence-electron chi connectivity index (χ3n) is 3.29. The second-order valence-corrected chi connectivity index (χ2v) is 5.27. The monoisotopic (exact) mass is 195 g/mol. The average Bonchev–Trinajstić information content (AvgIpc) is 2.59. The molecule has 2 nitrogen and oxygen atoms in total. The van der Waals surface area contributed by atoms with Gasteiger partial charge in [0, 0.05) is 6.04 Å². The predicted octanol–water partition coefficient (Wildman–Crippen LogP) is 2.38. The number of hydrogen-bond acceptors (Lipinski definition) is 2. The van der Waals surface area contributed by atoms with Crippen molar-refractivity contribution in [2.24, 2.45) is 5.73 Å². The smallest absolute Gasteiger partial charge is 0.0631 e. The first kappa shape index (κ1) is 10.2. The fourth-order valence-corrected chi connectivity index (χ4v) is 2.51. The van der Waals surface area contributed by atoms with Crippen molar-refractivity contribution in [3.05, 3.63) is 11.6 Å². The molecule has 14 heavy (non-hydrogen) atoms. The number of ether oxygens (including phenoxy) is 1. The molecule has 2 atom stereocenters. The molecule has 0 spiro atoms. The molecule has 1 heterocycles. The van der Waals surface area contributed by atoms with Gasteiger partial charge in [-0.15, -0.1) is 0 Å². The van der Waals surface area contributed by atoms with Crippen molar-refractivity contribution in [2.75, 3.05) is 0 Å². The van der Waals surface area contributed by atoms with Gasteiger partial charge >= 0.3 is 0 Å². The lowest BCUT2D eigenvalue weighted by molar-refractivity contribution is -0.0146. The second kappa shape index (κ2) is 3.67. The van der Waals surface area contributed by atoms with Gasteiger partial charge in [-0.05, 0) is 46.0 Å². The number of hydrogen-bond donors (Lipinski definition) is 1. The number of rotatable bonds is 2. The summed E-state index contributed by atoms with van der Waals surface area (Å²) in [7, 11) is 0. The molecule has 0 radical (unpaired) electrons. The van der Waals surface area contributed by atoms with Crippen LogP contribution in [-0.4, -0.2) is 17.7 Å². The predicted molar refractivity (Wildman–Crippen MR) is 58.1 cm³/mol. The van der Waals surface area contributed by atoms with Crippen molar-refractivity contribution in [3.63, 3.8) is 0 Å². The van der Waals surface area contributed by atoms with Crippen LogP contribution in [0.5, 0.6) is 0 Å². The van der Waals surface area contributed by atoms with Gasteiger partial charge in [-0.1, -0.05) is 11.6 Å². The summed E-state index contributed by atoms with van der Waals surface area (Å²) < 4.78 is 5.96. The second-order valence-electron chi connectivity index (χ2n) is 5.27. The Kier molecular flexibility index (Phi) is 2.67. The Morgan fingerprint density at radius 3 is 2.79 bits per heavy atom. The maximum Gasteiger partial charge on any atom is 0.0631 e. The van der Waals surface area contributed by atoms with Crippen molar-refractivity contribution < 1.29 is 4.74 Å². The quantitative estimate of drug-likeness (QED) is 0.687. The Morgan fingerprint density at radius 2 is 2.29 bits per heavy atom. The van der Waals surface area contributed by atoms with Gasteiger partial charge in [0.1, 0.15) is 0 Å². The van der Waals surface area contributed by atoms with Crippen LogP contribution in [0.1, 0.15) is 46.0 Å². The molecular formula is C12H21NO. The van der Waals surface area contributed by atoms with E-state index in [4.69, 9.17) is 10.5 Å². The Morgan fingerprint density at radius 1 is 1.50 bits per heavy atom. The first-order chi connectivity index (χ1) is 6.55. The Balaban J connectivity index is 1.85. The zero-order valence-corrected chi connectivity index (χ0v) is 9.25. The first-order valence-corrected chi connectivity index (χ1v) is 5.68. The van der Waals surface area contributed by atoms with E-state index in [1.165, 1.54) is 24.8 Å². The normalized spacial score (nSPS) is 36.1. The average molecular weight is 195 g/mol. The highest BCUT2D eigenvalue weighted by Crippen LogP contribution is 2.34. The van der Waals surface area contributed by atoms with Crippen LogP contribution < -0.4 is 5.73 Å². The van der Waals surface area contributed by atoms with E-state index in [1.54, 1.807) is 0 Å². The SMILES string of the molecule is CC1(C)CCC(CC2=CC(N)CC2)O1. The minimum atomic E-state index is 0.103. The van der Waals surface area contributed by atoms with Crippen LogP contribution >= 0.6 is 0 Å². The van der Waals surface area contributed by atoms with Crippen molar-refractivity contribution in [1.29, 1.82) is 0 Å². The van der Waals surface area contributed by atoms with Crippen molar-refractivity contribution >= 4 is 0 Å². The summed E-state index contributed by atoms with van der Waals surface area (Å²) in [5.41, 5.74) is 7.45. The molecule has 2 unspecified atom stereocenters. The third kappa shape index (κ3) is 2.37. The van der Waals surface area contributed by atoms with Crippen LogP contribution in [0.15, 0.2) is 11.6 Å². The summed E-state index contributed by atoms with van der Waals surface area (Å²) in [5, 5.41) is 0. The topological polar surface area (TPSA) is 35.2 Å². The van der Waals surface area contributed by atoms with Gasteiger partial charge in [0.15, 0.2) is 0 Å². The first-order valence-electron chi connectivity index (χ1n) is 5.68. The minimum absolute atomic E-state index is 0.103. The molecule has 0 amide bonds. The maximum atomic E-state index is 5.96. The van der Waals surface area contributed by atoms with Crippen molar-refractivity contribution in [3.8, 4) is 0 Å². The Labute approximate surface area is 86.5 Å². The van der Waals surface area contributed by atoms with E-state index in [-0.39, 0.29) is 5.60 Å².